The van der Waals surface area contributed by atoms with Crippen molar-refractivity contribution in [2.45, 2.75) is 32.2 Å². The van der Waals surface area contributed by atoms with Gasteiger partial charge in [0.2, 0.25) is 5.91 Å². The average molecular weight is 280 g/mol. The minimum Gasteiger partial charge on any atom is -0.392 e. The van der Waals surface area contributed by atoms with E-state index < -0.39 is 5.41 Å². The fourth-order valence-electron chi connectivity index (χ4n) is 2.31. The summed E-state index contributed by atoms with van der Waals surface area (Å²) in [7, 11) is 0. The maximum Gasteiger partial charge on any atom is 0.233 e. The highest BCUT2D eigenvalue weighted by atomic mass is 32.1. The Hall–Kier alpha value is -1.49. The van der Waals surface area contributed by atoms with Crippen LogP contribution in [0.5, 0.6) is 0 Å². The van der Waals surface area contributed by atoms with Crippen molar-refractivity contribution in [3.8, 4) is 0 Å². The van der Waals surface area contributed by atoms with Crippen LogP contribution >= 0.6 is 12.2 Å². The molecule has 0 saturated heterocycles. The molecule has 1 fully saturated rings. The molecule has 1 aromatic rings. The van der Waals surface area contributed by atoms with Crippen molar-refractivity contribution in [2.24, 2.45) is 11.1 Å². The number of halogens is 1. The van der Waals surface area contributed by atoms with Gasteiger partial charge < -0.3 is 11.1 Å². The van der Waals surface area contributed by atoms with Crippen LogP contribution in [-0.4, -0.2) is 10.9 Å². The fraction of sp³-hybridized carbons (Fsp3) is 0.429. The molecule has 1 aliphatic carbocycles. The first-order valence-electron chi connectivity index (χ1n) is 6.32. The number of hydrogen-bond acceptors (Lipinski definition) is 2. The molecule has 102 valence electrons. The lowest BCUT2D eigenvalue weighted by Gasteiger charge is -2.39. The van der Waals surface area contributed by atoms with E-state index in [1.165, 1.54) is 12.1 Å². The number of hydrogen-bond donors (Lipinski definition) is 2. The first-order valence-corrected chi connectivity index (χ1v) is 6.73. The molecule has 2 rings (SSSR count). The van der Waals surface area contributed by atoms with E-state index in [1.807, 2.05) is 6.92 Å². The molecule has 1 atom stereocenters. The summed E-state index contributed by atoms with van der Waals surface area (Å²) in [6.45, 7) is 1.82. The van der Waals surface area contributed by atoms with E-state index in [9.17, 15) is 9.18 Å². The third-order valence-electron chi connectivity index (χ3n) is 3.81. The van der Waals surface area contributed by atoms with Crippen LogP contribution in [-0.2, 0) is 4.79 Å². The van der Waals surface area contributed by atoms with Gasteiger partial charge in [0.25, 0.3) is 0 Å². The average Bonchev–Trinajstić information content (AvgIpc) is 2.26. The van der Waals surface area contributed by atoms with E-state index >= 15 is 0 Å². The van der Waals surface area contributed by atoms with Gasteiger partial charge >= 0.3 is 0 Å². The van der Waals surface area contributed by atoms with E-state index in [4.69, 9.17) is 18.0 Å². The van der Waals surface area contributed by atoms with Gasteiger partial charge in [-0.2, -0.15) is 0 Å². The Morgan fingerprint density at radius 2 is 2.21 bits per heavy atom. The van der Waals surface area contributed by atoms with E-state index in [0.717, 1.165) is 12.0 Å². The van der Waals surface area contributed by atoms with Crippen LogP contribution in [0.3, 0.4) is 0 Å². The molecule has 1 aliphatic rings. The van der Waals surface area contributed by atoms with E-state index in [2.05, 4.69) is 5.32 Å². The minimum atomic E-state index is -0.698. The summed E-state index contributed by atoms with van der Waals surface area (Å²) in [4.78, 5) is 12.5. The third kappa shape index (κ3) is 2.61. The van der Waals surface area contributed by atoms with Crippen LogP contribution in [0.4, 0.5) is 4.39 Å². The highest BCUT2D eigenvalue weighted by molar-refractivity contribution is 7.80. The molecule has 19 heavy (non-hydrogen) atoms. The van der Waals surface area contributed by atoms with Crippen LogP contribution in [0.15, 0.2) is 24.3 Å². The third-order valence-corrected chi connectivity index (χ3v) is 4.20. The highest BCUT2D eigenvalue weighted by Crippen LogP contribution is 2.41. The second-order valence-corrected chi connectivity index (χ2v) is 5.49. The smallest absolute Gasteiger partial charge is 0.233 e. The second-order valence-electron chi connectivity index (χ2n) is 5.05. The zero-order valence-corrected chi connectivity index (χ0v) is 11.6. The van der Waals surface area contributed by atoms with Gasteiger partial charge in [-0.3, -0.25) is 4.79 Å². The van der Waals surface area contributed by atoms with Crippen molar-refractivity contribution in [1.29, 1.82) is 0 Å². The number of rotatable bonds is 4. The Bertz CT molecular complexity index is 514. The normalized spacial score (nSPS) is 18.2. The molecule has 1 aromatic carbocycles. The topological polar surface area (TPSA) is 55.1 Å². The van der Waals surface area contributed by atoms with Crippen LogP contribution in [0.25, 0.3) is 0 Å². The minimum absolute atomic E-state index is 0.150. The summed E-state index contributed by atoms with van der Waals surface area (Å²) in [5, 5.41) is 2.87. The van der Waals surface area contributed by atoms with Crippen molar-refractivity contribution in [3.05, 3.63) is 35.6 Å². The number of nitrogens with two attached hydrogens (primary N) is 1. The lowest BCUT2D eigenvalue weighted by molar-refractivity contribution is -0.131. The largest absolute Gasteiger partial charge is 0.392 e. The molecule has 3 nitrogen and oxygen atoms in total. The predicted molar refractivity (Wildman–Crippen MR) is 76.0 cm³/mol. The Morgan fingerprint density at radius 1 is 1.53 bits per heavy atom. The van der Waals surface area contributed by atoms with Gasteiger partial charge in [-0.15, -0.1) is 0 Å². The Kier molecular flexibility index (Phi) is 3.85. The van der Waals surface area contributed by atoms with Gasteiger partial charge in [-0.1, -0.05) is 30.8 Å². The van der Waals surface area contributed by atoms with Gasteiger partial charge in [0.05, 0.1) is 16.4 Å². The van der Waals surface area contributed by atoms with Crippen LogP contribution in [0.1, 0.15) is 37.8 Å². The van der Waals surface area contributed by atoms with Gasteiger partial charge in [0.15, 0.2) is 0 Å². The zero-order chi connectivity index (χ0) is 14.0. The monoisotopic (exact) mass is 280 g/mol. The summed E-state index contributed by atoms with van der Waals surface area (Å²) >= 11 is 5.00. The Balaban J connectivity index is 2.09. The van der Waals surface area contributed by atoms with Crippen LogP contribution in [0.2, 0.25) is 0 Å². The maximum absolute atomic E-state index is 13.2. The van der Waals surface area contributed by atoms with Gasteiger partial charge in [-0.05, 0) is 37.5 Å². The summed E-state index contributed by atoms with van der Waals surface area (Å²) < 4.78 is 13.2. The van der Waals surface area contributed by atoms with E-state index in [0.29, 0.717) is 12.8 Å². The first kappa shape index (κ1) is 13.9. The van der Waals surface area contributed by atoms with E-state index in [1.54, 1.807) is 12.1 Å². The molecule has 0 radical (unpaired) electrons. The van der Waals surface area contributed by atoms with E-state index in [-0.39, 0.29) is 22.8 Å². The first-order chi connectivity index (χ1) is 8.95. The Morgan fingerprint density at radius 3 is 2.68 bits per heavy atom. The molecule has 0 heterocycles. The molecule has 1 unspecified atom stereocenters. The van der Waals surface area contributed by atoms with Crippen LogP contribution < -0.4 is 11.1 Å². The number of benzene rings is 1. The van der Waals surface area contributed by atoms with Crippen molar-refractivity contribution in [1.82, 2.24) is 5.32 Å². The molecular weight excluding hydrogens is 263 g/mol. The zero-order valence-electron chi connectivity index (χ0n) is 10.8. The van der Waals surface area contributed by atoms with Crippen molar-refractivity contribution in [3.63, 3.8) is 0 Å². The van der Waals surface area contributed by atoms with Crippen molar-refractivity contribution >= 4 is 23.1 Å². The molecule has 0 spiro atoms. The van der Waals surface area contributed by atoms with Crippen molar-refractivity contribution < 1.29 is 9.18 Å². The Labute approximate surface area is 117 Å². The molecule has 1 amide bonds. The molecule has 0 aliphatic heterocycles. The maximum atomic E-state index is 13.2. The van der Waals surface area contributed by atoms with Gasteiger partial charge in [-0.25, -0.2) is 4.39 Å². The second kappa shape index (κ2) is 5.25. The van der Waals surface area contributed by atoms with Gasteiger partial charge in [0.1, 0.15) is 5.82 Å². The lowest BCUT2D eigenvalue weighted by Crippen LogP contribution is -2.53. The molecule has 3 N–H and O–H groups in total. The summed E-state index contributed by atoms with van der Waals surface area (Å²) in [5.41, 5.74) is 5.71. The molecule has 0 bridgehead atoms. The molecule has 5 heteroatoms. The summed E-state index contributed by atoms with van der Waals surface area (Å²) in [6.07, 6.45) is 2.35. The molecule has 0 aromatic heterocycles. The highest BCUT2D eigenvalue weighted by Gasteiger charge is 2.47. The number of amides is 1. The quantitative estimate of drug-likeness (QED) is 0.833. The number of thiocarbonyl (C=S) groups is 1. The predicted octanol–water partition coefficient (Wildman–Crippen LogP) is 2.46. The fourth-order valence-corrected chi connectivity index (χ4v) is 2.61. The SMILES string of the molecule is CC(NC(=O)C1(C(N)=S)CCC1)c1cccc(F)c1. The molecule has 1 saturated carbocycles. The standard InChI is InChI=1S/C14H17FN2OS/c1-9(10-4-2-5-11(15)8-10)17-13(18)14(12(16)19)6-3-7-14/h2,4-5,8-9H,3,6-7H2,1H3,(H2,16,19)(H,17,18). The summed E-state index contributed by atoms with van der Waals surface area (Å²) in [5.74, 6) is -0.464. The number of carbonyl (C=O) groups excluding carboxylic acids is 1. The summed E-state index contributed by atoms with van der Waals surface area (Å²) in [6, 6.07) is 5.93. The van der Waals surface area contributed by atoms with Crippen LogP contribution in [0, 0.1) is 11.2 Å². The van der Waals surface area contributed by atoms with Crippen molar-refractivity contribution in [2.75, 3.05) is 0 Å². The lowest BCUT2D eigenvalue weighted by atomic mass is 9.68. The number of carbonyl (C=O) groups is 1. The van der Waals surface area contributed by atoms with Gasteiger partial charge in [0, 0.05) is 0 Å². The number of nitrogens with one attached hydrogen (secondary N) is 1. The molecular formula is C14H17FN2OS.